The van der Waals surface area contributed by atoms with Crippen LogP contribution in [0.1, 0.15) is 62.6 Å². The van der Waals surface area contributed by atoms with Gasteiger partial charge in [0.25, 0.3) is 0 Å². The van der Waals surface area contributed by atoms with E-state index in [1.165, 1.54) is 43.2 Å². The van der Waals surface area contributed by atoms with Gasteiger partial charge in [-0.05, 0) is 145 Å². The van der Waals surface area contributed by atoms with Crippen molar-refractivity contribution in [2.75, 3.05) is 0 Å². The summed E-state index contributed by atoms with van der Waals surface area (Å²) < 4.78 is 6.52. The van der Waals surface area contributed by atoms with Crippen LogP contribution < -0.4 is 0 Å². The topological polar surface area (TPSA) is 99.4 Å². The highest BCUT2D eigenvalue weighted by molar-refractivity contribution is 6.06. The molecule has 0 N–H and O–H groups in total. The van der Waals surface area contributed by atoms with Crippen molar-refractivity contribution in [2.45, 2.75) is 51.4 Å². The standard InChI is InChI=1S/C46H37N5O/c1-28-19-32-20-29(2)24-46(23-28,25-32)38-15-11-33(12-16-38)36-13-17-39-40-18-14-37(22-42(40)52-41(39)21-36)45-50-43(34-7-3-30(26-47)4-8-34)49-44(51-45)35-9-5-31(27-48)6-10-35/h3-18,21-22,28-29,32H,19-20,23-25H2,1-2H3/t28-,29+,32-,46?. The molecule has 7 aromatic rings. The molecule has 252 valence electrons. The van der Waals surface area contributed by atoms with Crippen molar-refractivity contribution in [2.24, 2.45) is 17.8 Å². The van der Waals surface area contributed by atoms with Gasteiger partial charge in [0.1, 0.15) is 11.2 Å². The first kappa shape index (κ1) is 31.8. The predicted octanol–water partition coefficient (Wildman–Crippen LogP) is 11.3. The lowest BCUT2D eigenvalue weighted by atomic mass is 9.54. The summed E-state index contributed by atoms with van der Waals surface area (Å²) in [6.45, 7) is 4.90. The third-order valence-electron chi connectivity index (χ3n) is 11.4. The number of aromatic nitrogens is 3. The van der Waals surface area contributed by atoms with E-state index in [1.54, 1.807) is 24.3 Å². The van der Waals surface area contributed by atoms with Gasteiger partial charge in [-0.15, -0.1) is 0 Å². The quantitative estimate of drug-likeness (QED) is 0.180. The molecular weight excluding hydrogens is 639 g/mol. The van der Waals surface area contributed by atoms with Gasteiger partial charge in [-0.1, -0.05) is 50.2 Å². The summed E-state index contributed by atoms with van der Waals surface area (Å²) in [6.07, 6.45) is 6.72. The van der Waals surface area contributed by atoms with Crippen molar-refractivity contribution in [3.63, 3.8) is 0 Å². The maximum Gasteiger partial charge on any atom is 0.164 e. The smallest absolute Gasteiger partial charge is 0.164 e. The van der Waals surface area contributed by atoms with Crippen LogP contribution in [0.4, 0.5) is 0 Å². The van der Waals surface area contributed by atoms with Gasteiger partial charge in [-0.25, -0.2) is 15.0 Å². The average Bonchev–Trinajstić information content (AvgIpc) is 3.54. The molecule has 2 aromatic heterocycles. The SMILES string of the molecule is C[C@@H]1C[C@@H]2C[C@H](C)CC(c3ccc(-c4ccc5c(c4)oc4cc(-c6nc(-c7ccc(C#N)cc7)nc(-c7ccc(C#N)cc7)n6)ccc45)cc3)(C1)C2. The van der Waals surface area contributed by atoms with Gasteiger partial charge in [0.05, 0.1) is 23.3 Å². The van der Waals surface area contributed by atoms with Crippen LogP contribution in [0.3, 0.4) is 0 Å². The number of nitriles is 2. The van der Waals surface area contributed by atoms with E-state index >= 15 is 0 Å². The lowest BCUT2D eigenvalue weighted by Gasteiger charge is -2.50. The number of furan rings is 1. The van der Waals surface area contributed by atoms with Crippen LogP contribution in [0.5, 0.6) is 0 Å². The average molecular weight is 676 g/mol. The van der Waals surface area contributed by atoms with Crippen molar-refractivity contribution >= 4 is 21.9 Å². The molecule has 52 heavy (non-hydrogen) atoms. The Balaban J connectivity index is 1.06. The largest absolute Gasteiger partial charge is 0.456 e. The molecule has 2 heterocycles. The number of nitrogens with zero attached hydrogens (tertiary/aromatic N) is 5. The zero-order chi connectivity index (χ0) is 35.4. The van der Waals surface area contributed by atoms with Gasteiger partial charge < -0.3 is 4.42 Å². The summed E-state index contributed by atoms with van der Waals surface area (Å²) in [4.78, 5) is 14.5. The maximum atomic E-state index is 9.31. The molecule has 4 atom stereocenters. The maximum absolute atomic E-state index is 9.31. The van der Waals surface area contributed by atoms with Gasteiger partial charge in [0.15, 0.2) is 17.5 Å². The van der Waals surface area contributed by atoms with Crippen molar-refractivity contribution in [3.8, 4) is 57.4 Å². The van der Waals surface area contributed by atoms with E-state index in [1.807, 2.05) is 36.4 Å². The zero-order valence-corrected chi connectivity index (χ0v) is 29.3. The highest BCUT2D eigenvalue weighted by atomic mass is 16.3. The second-order valence-corrected chi connectivity index (χ2v) is 15.2. The van der Waals surface area contributed by atoms with Gasteiger partial charge in [-0.2, -0.15) is 10.5 Å². The Morgan fingerprint density at radius 3 is 1.50 bits per heavy atom. The van der Waals surface area contributed by atoms with Gasteiger partial charge >= 0.3 is 0 Å². The van der Waals surface area contributed by atoms with Crippen molar-refractivity contribution < 1.29 is 4.42 Å². The highest BCUT2D eigenvalue weighted by Gasteiger charge is 2.45. The molecule has 5 aromatic carbocycles. The first-order chi connectivity index (χ1) is 25.4. The molecule has 2 aliphatic rings. The molecule has 2 bridgehead atoms. The second kappa shape index (κ2) is 12.6. The van der Waals surface area contributed by atoms with Gasteiger partial charge in [0, 0.05) is 27.5 Å². The molecule has 1 unspecified atom stereocenters. The fourth-order valence-corrected chi connectivity index (χ4v) is 9.32. The second-order valence-electron chi connectivity index (χ2n) is 15.2. The molecule has 6 heteroatoms. The van der Waals surface area contributed by atoms with E-state index in [0.29, 0.717) is 34.0 Å². The Kier molecular flexibility index (Phi) is 7.71. The molecule has 0 amide bonds. The van der Waals surface area contributed by atoms with Crippen LogP contribution >= 0.6 is 0 Å². The summed E-state index contributed by atoms with van der Waals surface area (Å²) in [5.74, 6) is 3.93. The van der Waals surface area contributed by atoms with Crippen LogP contribution in [0.25, 0.3) is 67.2 Å². The molecule has 2 fully saturated rings. The minimum absolute atomic E-state index is 0.322. The number of hydrogen-bond acceptors (Lipinski definition) is 6. The van der Waals surface area contributed by atoms with Crippen LogP contribution in [0.15, 0.2) is 114 Å². The summed E-state index contributed by atoms with van der Waals surface area (Å²) in [6, 6.07) is 40.7. The first-order valence-corrected chi connectivity index (χ1v) is 18.2. The minimum Gasteiger partial charge on any atom is -0.456 e. The normalized spacial score (nSPS) is 21.1. The summed E-state index contributed by atoms with van der Waals surface area (Å²) in [7, 11) is 0. The Morgan fingerprint density at radius 2 is 0.981 bits per heavy atom. The van der Waals surface area contributed by atoms with Crippen LogP contribution in [0, 0.1) is 40.4 Å². The number of rotatable bonds is 5. The molecular formula is C46H37N5O. The Morgan fingerprint density at radius 1 is 0.538 bits per heavy atom. The number of benzene rings is 5. The fourth-order valence-electron chi connectivity index (χ4n) is 9.32. The van der Waals surface area contributed by atoms with Crippen molar-refractivity contribution in [3.05, 3.63) is 126 Å². The number of hydrogen-bond donors (Lipinski definition) is 0. The lowest BCUT2D eigenvalue weighted by molar-refractivity contribution is 0.0780. The lowest BCUT2D eigenvalue weighted by Crippen LogP contribution is -2.42. The first-order valence-electron chi connectivity index (χ1n) is 18.2. The van der Waals surface area contributed by atoms with Crippen LogP contribution in [-0.2, 0) is 5.41 Å². The predicted molar refractivity (Wildman–Crippen MR) is 205 cm³/mol. The Labute approximate surface area is 303 Å². The molecule has 2 aliphatic carbocycles. The van der Waals surface area contributed by atoms with Gasteiger partial charge in [-0.3, -0.25) is 0 Å². The summed E-state index contributed by atoms with van der Waals surface area (Å²) in [5, 5.41) is 20.7. The molecule has 0 aliphatic heterocycles. The zero-order valence-electron chi connectivity index (χ0n) is 29.3. The Hall–Kier alpha value is -6.11. The summed E-state index contributed by atoms with van der Waals surface area (Å²) in [5.41, 5.74) is 9.23. The van der Waals surface area contributed by atoms with E-state index in [2.05, 4.69) is 74.5 Å². The number of fused-ring (bicyclic) bond motifs is 5. The van der Waals surface area contributed by atoms with Crippen molar-refractivity contribution in [1.29, 1.82) is 10.5 Å². The molecule has 0 saturated heterocycles. The molecule has 6 nitrogen and oxygen atoms in total. The molecule has 0 spiro atoms. The molecule has 2 saturated carbocycles. The third kappa shape index (κ3) is 5.71. The van der Waals surface area contributed by atoms with E-state index < -0.39 is 0 Å². The molecule has 9 rings (SSSR count). The highest BCUT2D eigenvalue weighted by Crippen LogP contribution is 2.54. The monoisotopic (exact) mass is 675 g/mol. The Bertz CT molecular complexity index is 2460. The fraction of sp³-hybridized carbons (Fsp3) is 0.239. The van der Waals surface area contributed by atoms with E-state index in [0.717, 1.165) is 61.9 Å². The van der Waals surface area contributed by atoms with Gasteiger partial charge in [0.2, 0.25) is 0 Å². The minimum atomic E-state index is 0.322. The van der Waals surface area contributed by atoms with E-state index in [-0.39, 0.29) is 0 Å². The van der Waals surface area contributed by atoms with Crippen LogP contribution in [-0.4, -0.2) is 15.0 Å². The van der Waals surface area contributed by atoms with E-state index in [4.69, 9.17) is 19.4 Å². The van der Waals surface area contributed by atoms with Crippen molar-refractivity contribution in [1.82, 2.24) is 15.0 Å². The van der Waals surface area contributed by atoms with E-state index in [9.17, 15) is 10.5 Å². The van der Waals surface area contributed by atoms with Crippen LogP contribution in [0.2, 0.25) is 0 Å². The summed E-state index contributed by atoms with van der Waals surface area (Å²) >= 11 is 0. The third-order valence-corrected chi connectivity index (χ3v) is 11.4. The molecule has 0 radical (unpaired) electrons.